The molecule has 1 fully saturated rings. The fourth-order valence-electron chi connectivity index (χ4n) is 3.28. The summed E-state index contributed by atoms with van der Waals surface area (Å²) in [5, 5.41) is 11.1. The molecule has 0 aromatic heterocycles. The van der Waals surface area contributed by atoms with Crippen LogP contribution in [0, 0.1) is 5.92 Å². The number of piperidine rings is 1. The highest BCUT2D eigenvalue weighted by Crippen LogP contribution is 2.18. The van der Waals surface area contributed by atoms with E-state index >= 15 is 0 Å². The van der Waals surface area contributed by atoms with Gasteiger partial charge in [0.1, 0.15) is 0 Å². The zero-order valence-corrected chi connectivity index (χ0v) is 14.4. The molecule has 5 heteroatoms. The number of hydrogen-bond acceptors (Lipinski definition) is 3. The molecule has 0 radical (unpaired) electrons. The predicted molar refractivity (Wildman–Crippen MR) is 99.3 cm³/mol. The molecule has 1 saturated heterocycles. The molecule has 1 unspecified atom stereocenters. The van der Waals surface area contributed by atoms with Crippen LogP contribution < -0.4 is 16.0 Å². The number of carbonyl (C=O) groups is 2. The van der Waals surface area contributed by atoms with E-state index in [-0.39, 0.29) is 24.8 Å². The average molecular weight is 339 g/mol. The fourth-order valence-corrected chi connectivity index (χ4v) is 3.28. The van der Waals surface area contributed by atoms with Crippen molar-refractivity contribution in [3.05, 3.63) is 48.0 Å². The number of hydrogen-bond donors (Lipinski definition) is 3. The lowest BCUT2D eigenvalue weighted by Gasteiger charge is -2.22. The Bertz CT molecular complexity index is 733. The number of fused-ring (bicyclic) bond motifs is 1. The first kappa shape index (κ1) is 17.4. The van der Waals surface area contributed by atoms with E-state index in [2.05, 4.69) is 16.0 Å². The zero-order valence-electron chi connectivity index (χ0n) is 14.4. The van der Waals surface area contributed by atoms with Gasteiger partial charge in [0.05, 0.1) is 13.0 Å². The molecule has 2 aromatic carbocycles. The van der Waals surface area contributed by atoms with Gasteiger partial charge in [-0.15, -0.1) is 0 Å². The molecule has 5 nitrogen and oxygen atoms in total. The number of amides is 2. The molecular weight excluding hydrogens is 314 g/mol. The standard InChI is InChI=1S/C20H25N3O2/c24-19(11-17-8-3-7-16-6-1-2-9-18(16)17)23-14-20(25)22-13-15-5-4-10-21-12-15/h1-3,6-9,15,21H,4-5,10-14H2,(H,22,25)(H,23,24). The first-order valence-electron chi connectivity index (χ1n) is 8.93. The van der Waals surface area contributed by atoms with Crippen LogP contribution in [0.3, 0.4) is 0 Å². The Balaban J connectivity index is 1.45. The Morgan fingerprint density at radius 3 is 2.72 bits per heavy atom. The number of carbonyl (C=O) groups excluding carboxylic acids is 2. The second-order valence-corrected chi connectivity index (χ2v) is 6.61. The van der Waals surface area contributed by atoms with Crippen molar-refractivity contribution in [2.45, 2.75) is 19.3 Å². The van der Waals surface area contributed by atoms with E-state index in [9.17, 15) is 9.59 Å². The summed E-state index contributed by atoms with van der Waals surface area (Å²) in [6.45, 7) is 2.72. The van der Waals surface area contributed by atoms with E-state index < -0.39 is 0 Å². The van der Waals surface area contributed by atoms with Crippen LogP contribution in [0.5, 0.6) is 0 Å². The largest absolute Gasteiger partial charge is 0.354 e. The van der Waals surface area contributed by atoms with E-state index in [1.165, 1.54) is 0 Å². The van der Waals surface area contributed by atoms with Gasteiger partial charge in [-0.3, -0.25) is 9.59 Å². The summed E-state index contributed by atoms with van der Waals surface area (Å²) in [6, 6.07) is 13.9. The molecule has 3 rings (SSSR count). The molecule has 0 saturated carbocycles. The second-order valence-electron chi connectivity index (χ2n) is 6.61. The molecule has 2 aromatic rings. The summed E-state index contributed by atoms with van der Waals surface area (Å²) >= 11 is 0. The quantitative estimate of drug-likeness (QED) is 0.749. The molecule has 1 aliphatic heterocycles. The maximum absolute atomic E-state index is 12.2. The van der Waals surface area contributed by atoms with E-state index in [0.29, 0.717) is 12.5 Å². The Morgan fingerprint density at radius 1 is 1.04 bits per heavy atom. The van der Waals surface area contributed by atoms with E-state index in [4.69, 9.17) is 0 Å². The SMILES string of the molecule is O=C(CNC(=O)Cc1cccc2ccccc12)NCC1CCCNC1. The van der Waals surface area contributed by atoms with Crippen molar-refractivity contribution >= 4 is 22.6 Å². The van der Waals surface area contributed by atoms with Crippen molar-refractivity contribution in [3.63, 3.8) is 0 Å². The Labute approximate surface area is 148 Å². The summed E-state index contributed by atoms with van der Waals surface area (Å²) in [7, 11) is 0. The van der Waals surface area contributed by atoms with Crippen molar-refractivity contribution < 1.29 is 9.59 Å². The van der Waals surface area contributed by atoms with Gasteiger partial charge in [0.2, 0.25) is 11.8 Å². The van der Waals surface area contributed by atoms with E-state index in [1.54, 1.807) is 0 Å². The van der Waals surface area contributed by atoms with Crippen LogP contribution in [0.4, 0.5) is 0 Å². The van der Waals surface area contributed by atoms with Gasteiger partial charge in [0.15, 0.2) is 0 Å². The minimum Gasteiger partial charge on any atom is -0.354 e. The van der Waals surface area contributed by atoms with Crippen molar-refractivity contribution in [2.24, 2.45) is 5.92 Å². The monoisotopic (exact) mass is 339 g/mol. The summed E-state index contributed by atoms with van der Waals surface area (Å²) in [6.07, 6.45) is 2.57. The Hall–Kier alpha value is -2.40. The lowest BCUT2D eigenvalue weighted by molar-refractivity contribution is -0.125. The zero-order chi connectivity index (χ0) is 17.5. The van der Waals surface area contributed by atoms with Crippen molar-refractivity contribution in [2.75, 3.05) is 26.2 Å². The number of nitrogens with one attached hydrogen (secondary N) is 3. The predicted octanol–water partition coefficient (Wildman–Crippen LogP) is 1.61. The molecular formula is C20H25N3O2. The fraction of sp³-hybridized carbons (Fsp3) is 0.400. The third-order valence-corrected chi connectivity index (χ3v) is 4.66. The molecule has 3 N–H and O–H groups in total. The summed E-state index contributed by atoms with van der Waals surface area (Å²) in [5.74, 6) is 0.228. The van der Waals surface area contributed by atoms with Crippen molar-refractivity contribution in [1.82, 2.24) is 16.0 Å². The minimum atomic E-state index is -0.133. The van der Waals surface area contributed by atoms with Gasteiger partial charge in [-0.2, -0.15) is 0 Å². The van der Waals surface area contributed by atoms with Crippen molar-refractivity contribution in [3.8, 4) is 0 Å². The smallest absolute Gasteiger partial charge is 0.239 e. The van der Waals surface area contributed by atoms with Crippen LogP contribution in [0.2, 0.25) is 0 Å². The van der Waals surface area contributed by atoms with Gasteiger partial charge >= 0.3 is 0 Å². The molecule has 1 aliphatic rings. The molecule has 1 heterocycles. The maximum Gasteiger partial charge on any atom is 0.239 e. The van der Waals surface area contributed by atoms with E-state index in [1.807, 2.05) is 42.5 Å². The lowest BCUT2D eigenvalue weighted by Crippen LogP contribution is -2.42. The van der Waals surface area contributed by atoms with Gasteiger partial charge in [-0.1, -0.05) is 42.5 Å². The molecule has 0 spiro atoms. The molecule has 132 valence electrons. The van der Waals surface area contributed by atoms with Gasteiger partial charge < -0.3 is 16.0 Å². The van der Waals surface area contributed by atoms with Gasteiger partial charge in [0, 0.05) is 6.54 Å². The molecule has 0 bridgehead atoms. The van der Waals surface area contributed by atoms with Crippen LogP contribution in [-0.4, -0.2) is 38.0 Å². The van der Waals surface area contributed by atoms with Gasteiger partial charge in [-0.05, 0) is 48.2 Å². The minimum absolute atomic E-state index is 0.0315. The van der Waals surface area contributed by atoms with Crippen molar-refractivity contribution in [1.29, 1.82) is 0 Å². The normalized spacial score (nSPS) is 17.2. The molecule has 1 atom stereocenters. The van der Waals surface area contributed by atoms with Crippen LogP contribution in [0.1, 0.15) is 18.4 Å². The Morgan fingerprint density at radius 2 is 1.88 bits per heavy atom. The maximum atomic E-state index is 12.2. The summed E-state index contributed by atoms with van der Waals surface area (Å²) in [4.78, 5) is 24.1. The molecule has 0 aliphatic carbocycles. The third-order valence-electron chi connectivity index (χ3n) is 4.66. The number of rotatable bonds is 6. The second kappa shape index (κ2) is 8.62. The number of benzene rings is 2. The first-order chi connectivity index (χ1) is 12.2. The van der Waals surface area contributed by atoms with Crippen LogP contribution in [-0.2, 0) is 16.0 Å². The van der Waals surface area contributed by atoms with Gasteiger partial charge in [-0.25, -0.2) is 0 Å². The van der Waals surface area contributed by atoms with E-state index in [0.717, 1.165) is 42.3 Å². The highest BCUT2D eigenvalue weighted by atomic mass is 16.2. The third kappa shape index (κ3) is 5.03. The summed E-state index contributed by atoms with van der Waals surface area (Å²) in [5.41, 5.74) is 0.976. The first-order valence-corrected chi connectivity index (χ1v) is 8.93. The lowest BCUT2D eigenvalue weighted by atomic mass is 10.00. The van der Waals surface area contributed by atoms with Gasteiger partial charge in [0.25, 0.3) is 0 Å². The molecule has 25 heavy (non-hydrogen) atoms. The molecule has 2 amide bonds. The Kier molecular flexibility index (Phi) is 6.01. The average Bonchev–Trinajstić information content (AvgIpc) is 2.66. The highest BCUT2D eigenvalue weighted by molar-refractivity contribution is 5.91. The van der Waals surface area contributed by atoms with Crippen LogP contribution >= 0.6 is 0 Å². The summed E-state index contributed by atoms with van der Waals surface area (Å²) < 4.78 is 0. The highest BCUT2D eigenvalue weighted by Gasteiger charge is 2.14. The topological polar surface area (TPSA) is 70.2 Å². The van der Waals surface area contributed by atoms with Crippen LogP contribution in [0.25, 0.3) is 10.8 Å². The van der Waals surface area contributed by atoms with Crippen LogP contribution in [0.15, 0.2) is 42.5 Å².